The zero-order valence-electron chi connectivity index (χ0n) is 14.2. The van der Waals surface area contributed by atoms with Crippen LogP contribution in [0.1, 0.15) is 12.0 Å². The molecular weight excluding hydrogens is 416 g/mol. The first kappa shape index (κ1) is 22.3. The maximum absolute atomic E-state index is 12.1. The number of aromatic nitrogens is 1. The van der Waals surface area contributed by atoms with Crippen molar-refractivity contribution in [1.29, 1.82) is 0 Å². The van der Waals surface area contributed by atoms with Crippen LogP contribution in [0.4, 0.5) is 0 Å². The van der Waals surface area contributed by atoms with Crippen LogP contribution in [0.2, 0.25) is 0 Å². The number of carboxylic acid groups (broad SMARTS) is 1. The zero-order chi connectivity index (χ0) is 21.3. The van der Waals surface area contributed by atoms with Crippen molar-refractivity contribution in [1.82, 2.24) is 10.3 Å². The first-order chi connectivity index (χ1) is 12.8. The Morgan fingerprint density at radius 1 is 1.14 bits per heavy atom. The molecule has 0 aliphatic carbocycles. The number of fused-ring (bicyclic) bond motifs is 1. The first-order valence-electron chi connectivity index (χ1n) is 7.73. The van der Waals surface area contributed by atoms with Gasteiger partial charge in [0.05, 0.1) is 6.42 Å². The van der Waals surface area contributed by atoms with Crippen LogP contribution in [0.5, 0.6) is 0 Å². The number of carbonyl (C=O) groups is 2. The van der Waals surface area contributed by atoms with Crippen molar-refractivity contribution in [2.45, 2.75) is 23.9 Å². The van der Waals surface area contributed by atoms with E-state index in [9.17, 15) is 43.4 Å². The van der Waals surface area contributed by atoms with Gasteiger partial charge in [-0.25, -0.2) is 4.79 Å². The van der Waals surface area contributed by atoms with Gasteiger partial charge >= 0.3 is 21.2 Å². The lowest BCUT2D eigenvalue weighted by Gasteiger charge is -2.30. The van der Waals surface area contributed by atoms with Gasteiger partial charge in [-0.3, -0.25) is 13.9 Å². The van der Waals surface area contributed by atoms with E-state index in [1.165, 1.54) is 0 Å². The van der Waals surface area contributed by atoms with E-state index in [4.69, 9.17) is 5.73 Å². The molecule has 1 heterocycles. The number of carbonyl (C=O) groups excluding carboxylic acids is 1. The van der Waals surface area contributed by atoms with Crippen molar-refractivity contribution < 1.29 is 43.4 Å². The molecule has 154 valence electrons. The van der Waals surface area contributed by atoms with E-state index >= 15 is 0 Å². The van der Waals surface area contributed by atoms with Gasteiger partial charge in [0, 0.05) is 23.5 Å². The van der Waals surface area contributed by atoms with Gasteiger partial charge in [0.15, 0.2) is 0 Å². The van der Waals surface area contributed by atoms with Crippen molar-refractivity contribution in [2.24, 2.45) is 5.73 Å². The summed E-state index contributed by atoms with van der Waals surface area (Å²) in [5, 5.41) is 8.59. The number of hydrogen-bond donors (Lipinski definition) is 8. The second kappa shape index (κ2) is 7.76. The number of nitrogens with one attached hydrogen (secondary N) is 2. The molecule has 28 heavy (non-hydrogen) atoms. The first-order valence-corrected chi connectivity index (χ1v) is 11.0. The number of benzene rings is 1. The van der Waals surface area contributed by atoms with Crippen molar-refractivity contribution >= 4 is 38.0 Å². The van der Waals surface area contributed by atoms with Gasteiger partial charge in [-0.05, 0) is 11.6 Å². The van der Waals surface area contributed by atoms with E-state index < -0.39 is 44.6 Å². The minimum Gasteiger partial charge on any atom is -0.480 e. The second-order valence-corrected chi connectivity index (χ2v) is 10.3. The number of carboxylic acids is 1. The van der Waals surface area contributed by atoms with Gasteiger partial charge in [-0.15, -0.1) is 0 Å². The third-order valence-corrected chi connectivity index (χ3v) is 8.06. The average Bonchev–Trinajstić information content (AvgIpc) is 2.95. The molecule has 0 fully saturated rings. The number of aliphatic carboxylic acids is 1. The summed E-state index contributed by atoms with van der Waals surface area (Å²) in [6, 6.07) is 5.47. The molecule has 12 nitrogen and oxygen atoms in total. The Labute approximate surface area is 158 Å². The zero-order valence-corrected chi connectivity index (χ0v) is 16.0. The van der Waals surface area contributed by atoms with Gasteiger partial charge in [-0.1, -0.05) is 18.2 Å². The van der Waals surface area contributed by atoms with Crippen LogP contribution in [-0.4, -0.2) is 52.6 Å². The minimum absolute atomic E-state index is 0.186. The molecule has 1 unspecified atom stereocenters. The fourth-order valence-electron chi connectivity index (χ4n) is 2.58. The highest BCUT2D eigenvalue weighted by Crippen LogP contribution is 2.67. The summed E-state index contributed by atoms with van der Waals surface area (Å²) in [5.74, 6) is -2.78. The minimum atomic E-state index is -5.62. The Balaban J connectivity index is 2.22. The molecule has 0 spiro atoms. The summed E-state index contributed by atoms with van der Waals surface area (Å²) in [6.07, 6.45) is -0.112. The second-order valence-electron chi connectivity index (χ2n) is 6.17. The molecule has 0 saturated heterocycles. The Bertz CT molecular complexity index is 971. The smallest absolute Gasteiger partial charge is 0.358 e. The lowest BCUT2D eigenvalue weighted by Crippen LogP contribution is -2.48. The van der Waals surface area contributed by atoms with Crippen molar-refractivity contribution in [3.63, 3.8) is 0 Å². The highest BCUT2D eigenvalue weighted by molar-refractivity contribution is 7.72. The van der Waals surface area contributed by atoms with E-state index in [1.54, 1.807) is 30.5 Å². The van der Waals surface area contributed by atoms with E-state index in [-0.39, 0.29) is 6.42 Å². The highest BCUT2D eigenvalue weighted by Gasteiger charge is 2.58. The molecule has 9 N–H and O–H groups in total. The van der Waals surface area contributed by atoms with Crippen molar-refractivity contribution in [3.8, 4) is 0 Å². The molecule has 2 rings (SSSR count). The maximum Gasteiger partial charge on any atom is 0.358 e. The molecule has 1 amide bonds. The molecule has 0 bridgehead atoms. The topological polar surface area (TPSA) is 223 Å². The van der Waals surface area contributed by atoms with Crippen LogP contribution < -0.4 is 11.1 Å². The summed E-state index contributed by atoms with van der Waals surface area (Å²) in [4.78, 5) is 63.3. The van der Waals surface area contributed by atoms with E-state index in [0.29, 0.717) is 10.9 Å². The molecule has 1 atom stereocenters. The summed E-state index contributed by atoms with van der Waals surface area (Å²) in [6.45, 7) is 0. The SMILES string of the molecule is NC(CC(=O)NC(Cc1c[nH]c2ccccc12)C(=O)O)(P(=O)(O)O)P(=O)(O)O. The van der Waals surface area contributed by atoms with Gasteiger partial charge in [0.2, 0.25) is 10.9 Å². The Kier molecular flexibility index (Phi) is 6.17. The van der Waals surface area contributed by atoms with Crippen LogP contribution in [0, 0.1) is 0 Å². The van der Waals surface area contributed by atoms with E-state index in [0.717, 1.165) is 5.52 Å². The number of rotatable bonds is 8. The number of hydrogen-bond acceptors (Lipinski definition) is 5. The monoisotopic (exact) mass is 435 g/mol. The van der Waals surface area contributed by atoms with Crippen LogP contribution >= 0.6 is 15.2 Å². The quantitative estimate of drug-likeness (QED) is 0.251. The third kappa shape index (κ3) is 4.50. The number of amides is 1. The molecule has 1 aromatic carbocycles. The summed E-state index contributed by atoms with van der Waals surface area (Å²) in [5.41, 5.74) is 6.46. The lowest BCUT2D eigenvalue weighted by atomic mass is 10.0. The van der Waals surface area contributed by atoms with E-state index in [2.05, 4.69) is 4.98 Å². The third-order valence-electron chi connectivity index (χ3n) is 4.16. The molecule has 1 aromatic heterocycles. The van der Waals surface area contributed by atoms with Gasteiger partial charge in [-0.2, -0.15) is 0 Å². The number of para-hydroxylation sites is 1. The summed E-state index contributed by atoms with van der Waals surface area (Å²) in [7, 11) is -11.2. The summed E-state index contributed by atoms with van der Waals surface area (Å²) >= 11 is 0. The van der Waals surface area contributed by atoms with Gasteiger partial charge in [0.1, 0.15) is 6.04 Å². The van der Waals surface area contributed by atoms with Gasteiger partial charge in [0.25, 0.3) is 0 Å². The fraction of sp³-hybridized carbons (Fsp3) is 0.286. The average molecular weight is 435 g/mol. The van der Waals surface area contributed by atoms with Crippen LogP contribution in [0.3, 0.4) is 0 Å². The number of H-pyrrole nitrogens is 1. The van der Waals surface area contributed by atoms with Gasteiger partial charge < -0.3 is 40.7 Å². The highest BCUT2D eigenvalue weighted by atomic mass is 31.2. The fourth-order valence-corrected chi connectivity index (χ4v) is 4.63. The molecule has 0 aliphatic rings. The van der Waals surface area contributed by atoms with Crippen LogP contribution in [-0.2, 0) is 25.1 Å². The Morgan fingerprint density at radius 2 is 1.71 bits per heavy atom. The maximum atomic E-state index is 12.1. The Hall–Kier alpha value is -2.04. The normalized spacial score (nSPS) is 14.0. The molecule has 0 saturated carbocycles. The largest absolute Gasteiger partial charge is 0.480 e. The standard InChI is InChI=1S/C14H19N3O9P2/c15-14(27(21,22)23,28(24,25)26)6-12(18)17-11(13(19)20)5-8-7-16-10-4-2-1-3-9(8)10/h1-4,7,11,16H,5-6,15H2,(H,17,18)(H,19,20)(H2,21,22,23)(H2,24,25,26). The van der Waals surface area contributed by atoms with E-state index in [1.807, 2.05) is 5.32 Å². The molecule has 14 heteroatoms. The molecule has 0 aliphatic heterocycles. The van der Waals surface area contributed by atoms with Crippen LogP contribution in [0.25, 0.3) is 10.9 Å². The molecule has 2 aromatic rings. The summed E-state index contributed by atoms with van der Waals surface area (Å²) < 4.78 is 22.9. The predicted octanol–water partition coefficient (Wildman–Crippen LogP) is -0.362. The predicted molar refractivity (Wildman–Crippen MR) is 97.2 cm³/mol. The Morgan fingerprint density at radius 3 is 2.25 bits per heavy atom. The van der Waals surface area contributed by atoms with Crippen molar-refractivity contribution in [2.75, 3.05) is 0 Å². The molecule has 0 radical (unpaired) electrons. The van der Waals surface area contributed by atoms with Crippen LogP contribution in [0.15, 0.2) is 30.5 Å². The molecular formula is C14H19N3O9P2. The number of aromatic amines is 1. The van der Waals surface area contributed by atoms with Crippen molar-refractivity contribution in [3.05, 3.63) is 36.0 Å². The lowest BCUT2D eigenvalue weighted by molar-refractivity contribution is -0.141. The number of nitrogens with two attached hydrogens (primary N) is 1.